The van der Waals surface area contributed by atoms with Gasteiger partial charge in [-0.2, -0.15) is 0 Å². The van der Waals surface area contributed by atoms with Crippen LogP contribution in [-0.4, -0.2) is 115 Å². The molecular weight excluding hydrogens is 971 g/mol. The summed E-state index contributed by atoms with van der Waals surface area (Å²) >= 11 is 0.664. The monoisotopic (exact) mass is 1020 g/mol. The van der Waals surface area contributed by atoms with Crippen LogP contribution < -0.4 is 29.6 Å². The Morgan fingerprint density at radius 1 is 0.466 bits per heavy atom. The van der Waals surface area contributed by atoms with Crippen LogP contribution in [0.2, 0.25) is 0 Å². The molecule has 10 atom stereocenters. The van der Waals surface area contributed by atoms with Crippen LogP contribution in [0.1, 0.15) is 43.0 Å². The number of aliphatic hydroxyl groups excluding tert-OH is 6. The van der Waals surface area contributed by atoms with Crippen molar-refractivity contribution in [3.05, 3.63) is 191 Å². The van der Waals surface area contributed by atoms with Gasteiger partial charge in [0.2, 0.25) is 0 Å². The smallest absolute Gasteiger partial charge is 0.251 e. The van der Waals surface area contributed by atoms with Crippen molar-refractivity contribution >= 4 is 23.6 Å². The Bertz CT molecular complexity index is 2560. The van der Waals surface area contributed by atoms with Crippen molar-refractivity contribution in [2.75, 3.05) is 13.2 Å². The van der Waals surface area contributed by atoms with Crippen molar-refractivity contribution in [2.24, 2.45) is 0 Å². The van der Waals surface area contributed by atoms with Crippen molar-refractivity contribution < 1.29 is 77.4 Å². The molecule has 6 aromatic rings. The minimum absolute atomic E-state index is 0.000406. The van der Waals surface area contributed by atoms with Crippen LogP contribution in [0.4, 0.5) is 8.78 Å². The van der Waals surface area contributed by atoms with Gasteiger partial charge in [0.05, 0.1) is 25.3 Å². The van der Waals surface area contributed by atoms with Crippen LogP contribution in [0.15, 0.2) is 146 Å². The number of hydrogen-bond donors (Lipinski definition) is 8. The first-order valence-corrected chi connectivity index (χ1v) is 24.2. The molecule has 2 amide bonds. The molecule has 0 radical (unpaired) electrons. The van der Waals surface area contributed by atoms with Crippen molar-refractivity contribution in [2.45, 2.75) is 86.0 Å². The van der Waals surface area contributed by atoms with E-state index in [0.717, 1.165) is 11.1 Å². The lowest BCUT2D eigenvalue weighted by atomic mass is 9.96. The molecule has 2 saturated heterocycles. The van der Waals surface area contributed by atoms with E-state index in [9.17, 15) is 49.0 Å². The summed E-state index contributed by atoms with van der Waals surface area (Å²) in [4.78, 5) is 28.2. The van der Waals surface area contributed by atoms with E-state index in [1.807, 2.05) is 60.7 Å². The highest BCUT2D eigenvalue weighted by atomic mass is 32.2. The number of ether oxygens (including phenoxy) is 6. The number of carbonyl (C=O) groups is 2. The van der Waals surface area contributed by atoms with Crippen LogP contribution in [0.5, 0.6) is 23.0 Å². The van der Waals surface area contributed by atoms with Crippen LogP contribution >= 0.6 is 11.8 Å². The number of amides is 2. The topological polar surface area (TPSA) is 235 Å². The van der Waals surface area contributed by atoms with Gasteiger partial charge in [0.15, 0.2) is 0 Å². The second-order valence-corrected chi connectivity index (χ2v) is 18.5. The highest BCUT2D eigenvalue weighted by Gasteiger charge is 2.51. The Labute approximate surface area is 423 Å². The second-order valence-electron chi connectivity index (χ2n) is 17.3. The summed E-state index contributed by atoms with van der Waals surface area (Å²) in [6.07, 6.45) is -9.58. The zero-order valence-electron chi connectivity index (χ0n) is 39.0. The Morgan fingerprint density at radius 3 is 1.10 bits per heavy atom. The summed E-state index contributed by atoms with van der Waals surface area (Å²) in [5.74, 6) is -1.52. The predicted octanol–water partition coefficient (Wildman–Crippen LogP) is 4.79. The van der Waals surface area contributed by atoms with Gasteiger partial charge in [0, 0.05) is 23.3 Å². The maximum absolute atomic E-state index is 14.1. The van der Waals surface area contributed by atoms with E-state index in [0.29, 0.717) is 22.9 Å². The van der Waals surface area contributed by atoms with E-state index in [1.54, 1.807) is 36.4 Å². The first-order chi connectivity index (χ1) is 35.3. The highest BCUT2D eigenvalue weighted by Crippen LogP contribution is 2.37. The Kier molecular flexibility index (Phi) is 17.9. The summed E-state index contributed by atoms with van der Waals surface area (Å²) < 4.78 is 63.0. The molecule has 8 N–H and O–H groups in total. The van der Waals surface area contributed by atoms with Crippen molar-refractivity contribution in [3.8, 4) is 23.0 Å². The molecule has 0 aromatic heterocycles. The van der Waals surface area contributed by atoms with Gasteiger partial charge in [-0.05, 0) is 70.8 Å². The summed E-state index contributed by atoms with van der Waals surface area (Å²) in [7, 11) is 0. The van der Waals surface area contributed by atoms with E-state index in [-0.39, 0.29) is 60.6 Å². The third-order valence-corrected chi connectivity index (χ3v) is 13.4. The van der Waals surface area contributed by atoms with Gasteiger partial charge in [-0.1, -0.05) is 96.7 Å². The maximum Gasteiger partial charge on any atom is 0.251 e. The zero-order valence-corrected chi connectivity index (χ0v) is 39.8. The highest BCUT2D eigenvalue weighted by molar-refractivity contribution is 8.00. The average molecular weight is 1030 g/mol. The molecule has 73 heavy (non-hydrogen) atoms. The van der Waals surface area contributed by atoms with Gasteiger partial charge in [-0.3, -0.25) is 9.59 Å². The summed E-state index contributed by atoms with van der Waals surface area (Å²) in [5.41, 5.74) is 0.0923. The van der Waals surface area contributed by atoms with Gasteiger partial charge >= 0.3 is 0 Å². The Balaban J connectivity index is 0.980. The van der Waals surface area contributed by atoms with E-state index in [1.165, 1.54) is 48.5 Å². The number of nitrogens with one attached hydrogen (secondary N) is 2. The Morgan fingerprint density at radius 2 is 0.781 bits per heavy atom. The van der Waals surface area contributed by atoms with E-state index in [4.69, 9.17) is 28.4 Å². The number of halogens is 2. The molecule has 2 aliphatic heterocycles. The molecule has 16 nitrogen and oxygen atoms in total. The molecule has 2 heterocycles. The van der Waals surface area contributed by atoms with E-state index in [2.05, 4.69) is 10.6 Å². The van der Waals surface area contributed by atoms with Gasteiger partial charge in [0.25, 0.3) is 11.8 Å². The van der Waals surface area contributed by atoms with Crippen molar-refractivity contribution in [1.82, 2.24) is 10.6 Å². The predicted molar refractivity (Wildman–Crippen MR) is 262 cm³/mol. The molecule has 2 fully saturated rings. The average Bonchev–Trinajstić information content (AvgIpc) is 3.41. The SMILES string of the molecule is O=C(N[C@H]1[C@@H](O)[C@@H](CO)O[C@@H](S[C@@H]2O[C@H](CO)[C@H](O)[C@H](NC(=O)c3cc(OCc4ccccc4)cc(OCc4ccc(F)cc4)c3)[C@H]2O)[C@@H]1O)c1cc(OCc2ccccc2)cc(OCc2ccc(F)cc2)c1. The number of carbonyl (C=O) groups excluding carboxylic acids is 2. The molecule has 2 aliphatic rings. The van der Waals surface area contributed by atoms with E-state index >= 15 is 0 Å². The molecular formula is C54H54F2N2O14S. The first-order valence-electron chi connectivity index (χ1n) is 23.2. The number of rotatable bonds is 20. The maximum atomic E-state index is 14.1. The minimum atomic E-state index is -1.74. The fourth-order valence-electron chi connectivity index (χ4n) is 8.06. The van der Waals surface area contributed by atoms with Gasteiger partial charge in [-0.15, -0.1) is 0 Å². The third-order valence-electron chi connectivity index (χ3n) is 12.1. The van der Waals surface area contributed by atoms with Crippen LogP contribution in [0, 0.1) is 11.6 Å². The lowest BCUT2D eigenvalue weighted by Gasteiger charge is -2.46. The first kappa shape index (κ1) is 52.7. The van der Waals surface area contributed by atoms with Gasteiger partial charge < -0.3 is 69.7 Å². The summed E-state index contributed by atoms with van der Waals surface area (Å²) in [6.45, 7) is -1.23. The third kappa shape index (κ3) is 13.9. The second kappa shape index (κ2) is 24.9. The molecule has 0 aliphatic carbocycles. The number of hydrogen-bond acceptors (Lipinski definition) is 15. The quantitative estimate of drug-likeness (QED) is 0.0514. The molecule has 8 rings (SSSR count). The zero-order chi connectivity index (χ0) is 51.4. The standard InChI is InChI=1S/C54H54F2N2O14S/c55-37-15-11-33(12-16-37)29-69-41-21-35(19-39(23-41)67-27-31-7-3-1-4-8-31)51(65)57-45-47(61)43(25-59)71-53(49(45)63)73-54-50(64)46(48(62)44(26-60)72-54)58-52(66)36-20-40(68-28-32-9-5-2-6-10-32)24-42(22-36)70-30-34-13-17-38(56)18-14-34/h1-24,43-50,53-54,59-64H,25-30H2,(H,57,65)(H,58,66)/t43-,44-,45+,46+,47+,48+,49-,50-,53+,54+/m1/s1. The summed E-state index contributed by atoms with van der Waals surface area (Å²) in [6, 6.07) is 35.7. The van der Waals surface area contributed by atoms with Crippen molar-refractivity contribution in [1.29, 1.82) is 0 Å². The molecule has 0 unspecified atom stereocenters. The number of thioether (sulfide) groups is 1. The van der Waals surface area contributed by atoms with Crippen molar-refractivity contribution in [3.63, 3.8) is 0 Å². The summed E-state index contributed by atoms with van der Waals surface area (Å²) in [5, 5.41) is 72.2. The van der Waals surface area contributed by atoms with Crippen LogP contribution in [0.25, 0.3) is 0 Å². The van der Waals surface area contributed by atoms with E-state index < -0.39 is 96.2 Å². The minimum Gasteiger partial charge on any atom is -0.489 e. The van der Waals surface area contributed by atoms with Crippen LogP contribution in [0.3, 0.4) is 0 Å². The molecule has 0 saturated carbocycles. The number of benzene rings is 6. The van der Waals surface area contributed by atoms with Gasteiger partial charge in [0.1, 0.15) is 109 Å². The molecule has 384 valence electrons. The molecule has 0 bridgehead atoms. The normalized spacial score (nSPS) is 23.7. The van der Waals surface area contributed by atoms with Crippen LogP contribution in [-0.2, 0) is 35.9 Å². The lowest BCUT2D eigenvalue weighted by molar-refractivity contribution is -0.175. The molecule has 6 aromatic carbocycles. The lowest BCUT2D eigenvalue weighted by Crippen LogP contribution is -2.66. The molecule has 19 heteroatoms. The Hall–Kier alpha value is -6.65. The molecule has 0 spiro atoms. The largest absolute Gasteiger partial charge is 0.489 e. The van der Waals surface area contributed by atoms with Gasteiger partial charge in [-0.25, -0.2) is 8.78 Å². The fourth-order valence-corrected chi connectivity index (χ4v) is 9.40. The number of aliphatic hydroxyl groups is 6. The fraction of sp³-hybridized carbons (Fsp3) is 0.296.